The van der Waals surface area contributed by atoms with E-state index < -0.39 is 0 Å². The number of aromatic nitrogens is 4. The molecule has 3 aromatic rings. The van der Waals surface area contributed by atoms with Crippen LogP contribution in [0.15, 0.2) is 42.7 Å². The number of rotatable bonds is 3. The number of hydrogen-bond acceptors (Lipinski definition) is 6. The Morgan fingerprint density at radius 3 is 2.81 bits per heavy atom. The van der Waals surface area contributed by atoms with Crippen LogP contribution in [-0.2, 0) is 0 Å². The van der Waals surface area contributed by atoms with E-state index in [1.54, 1.807) is 13.1 Å². The molecule has 0 atom stereocenters. The lowest BCUT2D eigenvalue weighted by atomic mass is 10.1. The Kier molecular flexibility index (Phi) is 3.38. The molecule has 0 saturated heterocycles. The van der Waals surface area contributed by atoms with E-state index in [0.29, 0.717) is 0 Å². The Hall–Kier alpha value is -3.09. The lowest BCUT2D eigenvalue weighted by Gasteiger charge is -2.08. The second-order valence-corrected chi connectivity index (χ2v) is 4.24. The number of amides is 1. The number of pyridine rings is 1. The maximum Gasteiger partial charge on any atom is 0.276 e. The van der Waals surface area contributed by atoms with E-state index in [4.69, 9.17) is 0 Å². The molecule has 3 rings (SSSR count). The largest absolute Gasteiger partial charge is 0.388 e. The summed E-state index contributed by atoms with van der Waals surface area (Å²) < 4.78 is 0. The van der Waals surface area contributed by atoms with Crippen molar-refractivity contribution < 1.29 is 4.79 Å². The lowest BCUT2D eigenvalue weighted by molar-refractivity contribution is 0.102. The van der Waals surface area contributed by atoms with Crippen LogP contribution >= 0.6 is 0 Å². The second kappa shape index (κ2) is 5.49. The Morgan fingerprint density at radius 1 is 1.19 bits per heavy atom. The topological polar surface area (TPSA) is 92.7 Å². The number of para-hydroxylation sites is 1. The van der Waals surface area contributed by atoms with E-state index in [2.05, 4.69) is 30.8 Å². The fourth-order valence-electron chi connectivity index (χ4n) is 1.97. The van der Waals surface area contributed by atoms with Crippen molar-refractivity contribution in [1.82, 2.24) is 20.2 Å². The predicted octanol–water partition coefficient (Wildman–Crippen LogP) is 1.71. The number of benzene rings is 1. The molecule has 0 radical (unpaired) electrons. The van der Waals surface area contributed by atoms with Gasteiger partial charge in [-0.15, -0.1) is 5.10 Å². The Labute approximate surface area is 120 Å². The average molecular weight is 280 g/mol. The molecule has 0 spiro atoms. The van der Waals surface area contributed by atoms with Crippen molar-refractivity contribution >= 4 is 28.4 Å². The molecule has 0 fully saturated rings. The zero-order chi connectivity index (χ0) is 14.7. The third kappa shape index (κ3) is 2.62. The minimum atomic E-state index is -0.384. The highest BCUT2D eigenvalue weighted by molar-refractivity contribution is 6.05. The van der Waals surface area contributed by atoms with E-state index in [1.807, 2.05) is 24.3 Å². The van der Waals surface area contributed by atoms with E-state index in [9.17, 15) is 4.79 Å². The fourth-order valence-corrected chi connectivity index (χ4v) is 1.97. The standard InChI is InChI=1S/C14H12N6O/c1-15-11-8-12(18-10-5-3-2-4-9(10)11)13(21)19-14-16-6-7-17-20-14/h2-8H,1H3,(H,15,18)(H,16,19,20,21). The van der Waals surface area contributed by atoms with Crippen molar-refractivity contribution in [3.05, 3.63) is 48.4 Å². The molecular formula is C14H12N6O. The molecule has 104 valence electrons. The summed E-state index contributed by atoms with van der Waals surface area (Å²) >= 11 is 0. The van der Waals surface area contributed by atoms with Crippen molar-refractivity contribution in [2.24, 2.45) is 0 Å². The molecule has 7 nitrogen and oxygen atoms in total. The van der Waals surface area contributed by atoms with Crippen LogP contribution in [0.1, 0.15) is 10.5 Å². The number of carbonyl (C=O) groups excluding carboxylic acids is 1. The summed E-state index contributed by atoms with van der Waals surface area (Å²) in [6.45, 7) is 0. The van der Waals surface area contributed by atoms with Gasteiger partial charge in [0.2, 0.25) is 5.95 Å². The molecule has 21 heavy (non-hydrogen) atoms. The van der Waals surface area contributed by atoms with Crippen molar-refractivity contribution in [3.63, 3.8) is 0 Å². The van der Waals surface area contributed by atoms with E-state index in [1.165, 1.54) is 12.4 Å². The molecule has 1 amide bonds. The van der Waals surface area contributed by atoms with Crippen molar-refractivity contribution in [3.8, 4) is 0 Å². The summed E-state index contributed by atoms with van der Waals surface area (Å²) in [5, 5.41) is 13.9. The highest BCUT2D eigenvalue weighted by Gasteiger charge is 2.12. The average Bonchev–Trinajstić information content (AvgIpc) is 2.54. The van der Waals surface area contributed by atoms with Crippen LogP contribution in [0.25, 0.3) is 10.9 Å². The van der Waals surface area contributed by atoms with E-state index in [-0.39, 0.29) is 17.5 Å². The van der Waals surface area contributed by atoms with Crippen molar-refractivity contribution in [1.29, 1.82) is 0 Å². The molecule has 0 saturated carbocycles. The van der Waals surface area contributed by atoms with Gasteiger partial charge in [-0.3, -0.25) is 10.1 Å². The van der Waals surface area contributed by atoms with Crippen LogP contribution in [0.2, 0.25) is 0 Å². The predicted molar refractivity (Wildman–Crippen MR) is 79.1 cm³/mol. The zero-order valence-electron chi connectivity index (χ0n) is 11.2. The molecule has 7 heteroatoms. The molecule has 0 unspecified atom stereocenters. The fraction of sp³-hybridized carbons (Fsp3) is 0.0714. The van der Waals surface area contributed by atoms with Gasteiger partial charge in [0.05, 0.1) is 17.9 Å². The molecule has 2 heterocycles. The SMILES string of the molecule is CNc1cc(C(=O)Nc2nccnn2)nc2ccccc12. The van der Waals surface area contributed by atoms with Crippen LogP contribution in [0, 0.1) is 0 Å². The molecular weight excluding hydrogens is 268 g/mol. The number of carbonyl (C=O) groups is 1. The summed E-state index contributed by atoms with van der Waals surface area (Å²) in [6.07, 6.45) is 2.89. The Balaban J connectivity index is 1.98. The normalized spacial score (nSPS) is 10.3. The highest BCUT2D eigenvalue weighted by atomic mass is 16.2. The van der Waals surface area contributed by atoms with Gasteiger partial charge in [0, 0.05) is 18.1 Å². The van der Waals surface area contributed by atoms with Gasteiger partial charge in [0.1, 0.15) is 5.69 Å². The molecule has 0 aliphatic rings. The summed E-state index contributed by atoms with van der Waals surface area (Å²) in [6, 6.07) is 9.29. The minimum absolute atomic E-state index is 0.142. The van der Waals surface area contributed by atoms with E-state index >= 15 is 0 Å². The maximum atomic E-state index is 12.2. The summed E-state index contributed by atoms with van der Waals surface area (Å²) in [5.74, 6) is -0.242. The van der Waals surface area contributed by atoms with Crippen LogP contribution in [0.4, 0.5) is 11.6 Å². The van der Waals surface area contributed by atoms with Crippen molar-refractivity contribution in [2.45, 2.75) is 0 Å². The molecule has 2 N–H and O–H groups in total. The monoisotopic (exact) mass is 280 g/mol. The quantitative estimate of drug-likeness (QED) is 0.758. The van der Waals surface area contributed by atoms with Gasteiger partial charge in [0.25, 0.3) is 5.91 Å². The second-order valence-electron chi connectivity index (χ2n) is 4.24. The molecule has 0 aliphatic heterocycles. The maximum absolute atomic E-state index is 12.2. The minimum Gasteiger partial charge on any atom is -0.388 e. The summed E-state index contributed by atoms with van der Waals surface area (Å²) in [5.41, 5.74) is 1.85. The summed E-state index contributed by atoms with van der Waals surface area (Å²) in [4.78, 5) is 20.5. The number of nitrogens with one attached hydrogen (secondary N) is 2. The van der Waals surface area contributed by atoms with E-state index in [0.717, 1.165) is 16.6 Å². The first-order valence-electron chi connectivity index (χ1n) is 6.30. The van der Waals surface area contributed by atoms with Gasteiger partial charge in [0.15, 0.2) is 0 Å². The zero-order valence-corrected chi connectivity index (χ0v) is 11.2. The van der Waals surface area contributed by atoms with Gasteiger partial charge >= 0.3 is 0 Å². The number of hydrogen-bond donors (Lipinski definition) is 2. The highest BCUT2D eigenvalue weighted by Crippen LogP contribution is 2.22. The number of fused-ring (bicyclic) bond motifs is 1. The van der Waals surface area contributed by atoms with Gasteiger partial charge in [-0.05, 0) is 12.1 Å². The molecule has 2 aromatic heterocycles. The molecule has 0 bridgehead atoms. The third-order valence-electron chi connectivity index (χ3n) is 2.93. The van der Waals surface area contributed by atoms with Gasteiger partial charge in [-0.1, -0.05) is 18.2 Å². The first-order chi connectivity index (χ1) is 10.3. The smallest absolute Gasteiger partial charge is 0.276 e. The lowest BCUT2D eigenvalue weighted by Crippen LogP contribution is -2.16. The number of anilines is 2. The van der Waals surface area contributed by atoms with Gasteiger partial charge in [-0.25, -0.2) is 9.97 Å². The van der Waals surface area contributed by atoms with Gasteiger partial charge < -0.3 is 5.32 Å². The Morgan fingerprint density at radius 2 is 2.05 bits per heavy atom. The molecule has 0 aliphatic carbocycles. The first-order valence-corrected chi connectivity index (χ1v) is 6.30. The Bertz CT molecular complexity index is 790. The van der Waals surface area contributed by atoms with Crippen LogP contribution < -0.4 is 10.6 Å². The summed E-state index contributed by atoms with van der Waals surface area (Å²) in [7, 11) is 1.80. The number of nitrogens with zero attached hydrogens (tertiary/aromatic N) is 4. The van der Waals surface area contributed by atoms with Gasteiger partial charge in [-0.2, -0.15) is 5.10 Å². The van der Waals surface area contributed by atoms with Crippen LogP contribution in [0.3, 0.4) is 0 Å². The molecule has 1 aromatic carbocycles. The third-order valence-corrected chi connectivity index (χ3v) is 2.93. The van der Waals surface area contributed by atoms with Crippen LogP contribution in [-0.4, -0.2) is 33.1 Å². The first kappa shape index (κ1) is 12.9. The van der Waals surface area contributed by atoms with Crippen LogP contribution in [0.5, 0.6) is 0 Å². The van der Waals surface area contributed by atoms with Crippen molar-refractivity contribution in [2.75, 3.05) is 17.7 Å².